The van der Waals surface area contributed by atoms with Gasteiger partial charge in [0, 0.05) is 18.4 Å². The van der Waals surface area contributed by atoms with Gasteiger partial charge in [-0.1, -0.05) is 33.1 Å². The van der Waals surface area contributed by atoms with Crippen molar-refractivity contribution in [3.8, 4) is 0 Å². The summed E-state index contributed by atoms with van der Waals surface area (Å²) >= 11 is 0. The highest BCUT2D eigenvalue weighted by molar-refractivity contribution is 5.81. The highest BCUT2D eigenvalue weighted by Gasteiger charge is 2.23. The molecular formula is C12H23NO. The van der Waals surface area contributed by atoms with Crippen molar-refractivity contribution in [2.24, 2.45) is 17.6 Å². The van der Waals surface area contributed by atoms with Crippen LogP contribution in [-0.2, 0) is 4.79 Å². The van der Waals surface area contributed by atoms with Crippen molar-refractivity contribution in [1.29, 1.82) is 0 Å². The minimum Gasteiger partial charge on any atom is -0.327 e. The van der Waals surface area contributed by atoms with Crippen molar-refractivity contribution in [2.45, 2.75) is 58.4 Å². The molecule has 0 radical (unpaired) electrons. The highest BCUT2D eigenvalue weighted by atomic mass is 16.1. The van der Waals surface area contributed by atoms with E-state index in [1.54, 1.807) is 0 Å². The third kappa shape index (κ3) is 3.41. The summed E-state index contributed by atoms with van der Waals surface area (Å²) in [6.07, 6.45) is 6.55. The SMILES string of the molecule is CC(C)C(N)CC(=O)C1CCCCC1. The van der Waals surface area contributed by atoms with E-state index in [-0.39, 0.29) is 6.04 Å². The Morgan fingerprint density at radius 1 is 1.29 bits per heavy atom. The van der Waals surface area contributed by atoms with Crippen molar-refractivity contribution < 1.29 is 4.79 Å². The van der Waals surface area contributed by atoms with Crippen molar-refractivity contribution in [3.05, 3.63) is 0 Å². The van der Waals surface area contributed by atoms with Crippen LogP contribution in [0.3, 0.4) is 0 Å². The molecule has 1 aliphatic carbocycles. The first-order chi connectivity index (χ1) is 6.61. The van der Waals surface area contributed by atoms with Gasteiger partial charge in [0.05, 0.1) is 0 Å². The first kappa shape index (κ1) is 11.7. The minimum absolute atomic E-state index is 0.0597. The summed E-state index contributed by atoms with van der Waals surface area (Å²) in [4.78, 5) is 11.8. The van der Waals surface area contributed by atoms with E-state index in [9.17, 15) is 4.79 Å². The number of carbonyl (C=O) groups is 1. The maximum atomic E-state index is 11.8. The molecule has 2 heteroatoms. The summed E-state index contributed by atoms with van der Waals surface area (Å²) in [7, 11) is 0. The van der Waals surface area contributed by atoms with Gasteiger partial charge in [0.25, 0.3) is 0 Å². The van der Waals surface area contributed by atoms with Crippen LogP contribution in [0.15, 0.2) is 0 Å². The van der Waals surface area contributed by atoms with Crippen molar-refractivity contribution >= 4 is 5.78 Å². The van der Waals surface area contributed by atoms with Gasteiger partial charge in [-0.2, -0.15) is 0 Å². The molecule has 0 saturated heterocycles. The van der Waals surface area contributed by atoms with E-state index in [4.69, 9.17) is 5.73 Å². The number of Topliss-reactive ketones (excluding diaryl/α,β-unsaturated/α-hetero) is 1. The molecule has 0 aliphatic heterocycles. The zero-order chi connectivity index (χ0) is 10.6. The molecule has 0 heterocycles. The lowest BCUT2D eigenvalue weighted by Gasteiger charge is -2.23. The van der Waals surface area contributed by atoms with Gasteiger partial charge in [0.1, 0.15) is 5.78 Å². The lowest BCUT2D eigenvalue weighted by molar-refractivity contribution is -0.124. The number of carbonyl (C=O) groups excluding carboxylic acids is 1. The predicted octanol–water partition coefficient (Wildman–Crippen LogP) is 2.51. The van der Waals surface area contributed by atoms with Crippen molar-refractivity contribution in [3.63, 3.8) is 0 Å². The monoisotopic (exact) mass is 197 g/mol. The molecule has 2 N–H and O–H groups in total. The molecular weight excluding hydrogens is 174 g/mol. The second kappa shape index (κ2) is 5.50. The second-order valence-electron chi connectivity index (χ2n) is 4.91. The molecule has 2 nitrogen and oxygen atoms in total. The molecule has 0 amide bonds. The minimum atomic E-state index is 0.0597. The first-order valence-corrected chi connectivity index (χ1v) is 5.89. The topological polar surface area (TPSA) is 43.1 Å². The second-order valence-corrected chi connectivity index (χ2v) is 4.91. The Morgan fingerprint density at radius 3 is 2.36 bits per heavy atom. The van der Waals surface area contributed by atoms with Gasteiger partial charge < -0.3 is 5.73 Å². The zero-order valence-corrected chi connectivity index (χ0v) is 9.46. The summed E-state index contributed by atoms with van der Waals surface area (Å²) < 4.78 is 0. The van der Waals surface area contributed by atoms with E-state index in [0.717, 1.165) is 12.8 Å². The van der Waals surface area contributed by atoms with E-state index in [0.29, 0.717) is 24.0 Å². The third-order valence-corrected chi connectivity index (χ3v) is 3.35. The molecule has 1 aliphatic rings. The van der Waals surface area contributed by atoms with Crippen LogP contribution in [0, 0.1) is 11.8 Å². The summed E-state index contributed by atoms with van der Waals surface area (Å²) in [6, 6.07) is 0.0597. The van der Waals surface area contributed by atoms with Gasteiger partial charge in [-0.3, -0.25) is 4.79 Å². The van der Waals surface area contributed by atoms with Crippen LogP contribution in [0.5, 0.6) is 0 Å². The molecule has 0 spiro atoms. The maximum absolute atomic E-state index is 11.8. The smallest absolute Gasteiger partial charge is 0.137 e. The van der Waals surface area contributed by atoms with Gasteiger partial charge in [-0.15, -0.1) is 0 Å². The molecule has 0 bridgehead atoms. The fourth-order valence-electron chi connectivity index (χ4n) is 2.06. The fourth-order valence-corrected chi connectivity index (χ4v) is 2.06. The average molecular weight is 197 g/mol. The Morgan fingerprint density at radius 2 is 1.86 bits per heavy atom. The van der Waals surface area contributed by atoms with E-state index < -0.39 is 0 Å². The Hall–Kier alpha value is -0.370. The predicted molar refractivity (Wildman–Crippen MR) is 59.0 cm³/mol. The van der Waals surface area contributed by atoms with Gasteiger partial charge in [0.15, 0.2) is 0 Å². The maximum Gasteiger partial charge on any atom is 0.137 e. The van der Waals surface area contributed by atoms with Gasteiger partial charge in [-0.05, 0) is 18.8 Å². The summed E-state index contributed by atoms with van der Waals surface area (Å²) in [5.74, 6) is 1.15. The zero-order valence-electron chi connectivity index (χ0n) is 9.46. The number of rotatable bonds is 4. The highest BCUT2D eigenvalue weighted by Crippen LogP contribution is 2.25. The van der Waals surface area contributed by atoms with Crippen LogP contribution in [0.4, 0.5) is 0 Å². The molecule has 1 unspecified atom stereocenters. The van der Waals surface area contributed by atoms with Crippen LogP contribution in [-0.4, -0.2) is 11.8 Å². The van der Waals surface area contributed by atoms with Gasteiger partial charge >= 0.3 is 0 Å². The Kier molecular flexibility index (Phi) is 4.59. The molecule has 0 aromatic carbocycles. The fraction of sp³-hybridized carbons (Fsp3) is 0.917. The van der Waals surface area contributed by atoms with Crippen molar-refractivity contribution in [2.75, 3.05) is 0 Å². The summed E-state index contributed by atoms with van der Waals surface area (Å²) in [5, 5.41) is 0. The summed E-state index contributed by atoms with van der Waals surface area (Å²) in [6.45, 7) is 4.16. The molecule has 1 fully saturated rings. The number of nitrogens with two attached hydrogens (primary N) is 1. The van der Waals surface area contributed by atoms with Crippen LogP contribution in [0.1, 0.15) is 52.4 Å². The van der Waals surface area contributed by atoms with Gasteiger partial charge in [-0.25, -0.2) is 0 Å². The standard InChI is InChI=1S/C12H23NO/c1-9(2)11(13)8-12(14)10-6-4-3-5-7-10/h9-11H,3-8,13H2,1-2H3. The third-order valence-electron chi connectivity index (χ3n) is 3.35. The molecule has 0 aromatic heterocycles. The Bertz CT molecular complexity index is 183. The molecule has 1 saturated carbocycles. The Labute approximate surface area is 87.2 Å². The van der Waals surface area contributed by atoms with Crippen LogP contribution in [0.25, 0.3) is 0 Å². The largest absolute Gasteiger partial charge is 0.327 e. The molecule has 1 rings (SSSR count). The van der Waals surface area contributed by atoms with E-state index >= 15 is 0 Å². The molecule has 82 valence electrons. The van der Waals surface area contributed by atoms with Crippen LogP contribution >= 0.6 is 0 Å². The number of hydrogen-bond donors (Lipinski definition) is 1. The van der Waals surface area contributed by atoms with Gasteiger partial charge in [0.2, 0.25) is 0 Å². The molecule has 0 aromatic rings. The van der Waals surface area contributed by atoms with Crippen LogP contribution < -0.4 is 5.73 Å². The van der Waals surface area contributed by atoms with Crippen molar-refractivity contribution in [1.82, 2.24) is 0 Å². The Balaban J connectivity index is 2.33. The lowest BCUT2D eigenvalue weighted by atomic mass is 9.83. The van der Waals surface area contributed by atoms with E-state index in [1.807, 2.05) is 0 Å². The first-order valence-electron chi connectivity index (χ1n) is 5.89. The normalized spacial score (nSPS) is 21.1. The van der Waals surface area contributed by atoms with Crippen LogP contribution in [0.2, 0.25) is 0 Å². The quantitative estimate of drug-likeness (QED) is 0.752. The van der Waals surface area contributed by atoms with E-state index in [1.165, 1.54) is 19.3 Å². The average Bonchev–Trinajstić information content (AvgIpc) is 2.19. The summed E-state index contributed by atoms with van der Waals surface area (Å²) in [5.41, 5.74) is 5.90. The number of hydrogen-bond acceptors (Lipinski definition) is 2. The van der Waals surface area contributed by atoms with E-state index in [2.05, 4.69) is 13.8 Å². The molecule has 14 heavy (non-hydrogen) atoms. The lowest BCUT2D eigenvalue weighted by Crippen LogP contribution is -2.32. The number of ketones is 1. The molecule has 1 atom stereocenters.